The van der Waals surface area contributed by atoms with Gasteiger partial charge in [0.15, 0.2) is 0 Å². The molecule has 1 aliphatic heterocycles. The van der Waals surface area contributed by atoms with Gasteiger partial charge in [0.25, 0.3) is 0 Å². The maximum atomic E-state index is 12.0. The maximum absolute atomic E-state index is 12.0. The summed E-state index contributed by atoms with van der Waals surface area (Å²) >= 11 is 0. The normalized spacial score (nSPS) is 23.6. The van der Waals surface area contributed by atoms with E-state index >= 15 is 0 Å². The van der Waals surface area contributed by atoms with E-state index in [1.165, 1.54) is 32.1 Å². The second-order valence-corrected chi connectivity index (χ2v) is 7.38. The molecule has 0 bridgehead atoms. The largest absolute Gasteiger partial charge is 0.444 e. The Morgan fingerprint density at radius 1 is 1.19 bits per heavy atom. The van der Waals surface area contributed by atoms with Crippen molar-refractivity contribution in [3.05, 3.63) is 0 Å². The number of nitrogens with zero attached hydrogens (tertiary/aromatic N) is 1. The molecule has 1 heterocycles. The molecule has 1 amide bonds. The highest BCUT2D eigenvalue weighted by Gasteiger charge is 2.38. The molecule has 5 heteroatoms. The fourth-order valence-electron chi connectivity index (χ4n) is 3.50. The first-order chi connectivity index (χ1) is 9.91. The van der Waals surface area contributed by atoms with Crippen LogP contribution in [0, 0.1) is 0 Å². The summed E-state index contributed by atoms with van der Waals surface area (Å²) in [5.41, 5.74) is -0.296. The van der Waals surface area contributed by atoms with E-state index in [1.807, 2.05) is 20.8 Å². The van der Waals surface area contributed by atoms with Crippen LogP contribution in [0.2, 0.25) is 0 Å². The standard InChI is InChI=1S/C16H31N3O2/c1-15(2,3)21-14(20)18-13-16(7-5-4-6-8-16)19-11-9-17-10-12-19/h17H,4-13H2,1-3H3,(H,18,20). The molecule has 2 aliphatic rings. The summed E-state index contributed by atoms with van der Waals surface area (Å²) in [7, 11) is 0. The molecule has 0 aromatic carbocycles. The molecule has 21 heavy (non-hydrogen) atoms. The van der Waals surface area contributed by atoms with Crippen molar-refractivity contribution in [3.63, 3.8) is 0 Å². The SMILES string of the molecule is CC(C)(C)OC(=O)NCC1(N2CCNCC2)CCCCC1. The lowest BCUT2D eigenvalue weighted by Gasteiger charge is -2.48. The number of hydrogen-bond acceptors (Lipinski definition) is 4. The molecular weight excluding hydrogens is 266 g/mol. The molecule has 0 atom stereocenters. The van der Waals surface area contributed by atoms with Crippen molar-refractivity contribution >= 4 is 6.09 Å². The van der Waals surface area contributed by atoms with Crippen LogP contribution in [0.1, 0.15) is 52.9 Å². The molecule has 1 saturated carbocycles. The first-order valence-corrected chi connectivity index (χ1v) is 8.34. The lowest BCUT2D eigenvalue weighted by atomic mass is 9.79. The second kappa shape index (κ2) is 6.97. The number of piperazine rings is 1. The van der Waals surface area contributed by atoms with E-state index in [0.717, 1.165) is 26.2 Å². The number of carbonyl (C=O) groups is 1. The van der Waals surface area contributed by atoms with Crippen molar-refractivity contribution in [1.29, 1.82) is 0 Å². The molecule has 2 fully saturated rings. The zero-order valence-electron chi connectivity index (χ0n) is 13.8. The Labute approximate surface area is 128 Å². The lowest BCUT2D eigenvalue weighted by Crippen LogP contribution is -2.61. The molecule has 1 aliphatic carbocycles. The summed E-state index contributed by atoms with van der Waals surface area (Å²) in [5, 5.41) is 6.44. The van der Waals surface area contributed by atoms with Gasteiger partial charge in [-0.15, -0.1) is 0 Å². The quantitative estimate of drug-likeness (QED) is 0.838. The Kier molecular flexibility index (Phi) is 5.49. The van der Waals surface area contributed by atoms with E-state index in [2.05, 4.69) is 15.5 Å². The summed E-state index contributed by atoms with van der Waals surface area (Å²) in [6.45, 7) is 10.7. The zero-order valence-corrected chi connectivity index (χ0v) is 13.8. The Morgan fingerprint density at radius 2 is 1.81 bits per heavy atom. The molecule has 0 aromatic rings. The first-order valence-electron chi connectivity index (χ1n) is 8.34. The molecule has 0 radical (unpaired) electrons. The van der Waals surface area contributed by atoms with E-state index in [0.29, 0.717) is 6.54 Å². The van der Waals surface area contributed by atoms with Crippen molar-refractivity contribution < 1.29 is 9.53 Å². The van der Waals surface area contributed by atoms with E-state index in [-0.39, 0.29) is 11.6 Å². The highest BCUT2D eigenvalue weighted by molar-refractivity contribution is 5.67. The van der Waals surface area contributed by atoms with Gasteiger partial charge in [-0.25, -0.2) is 4.79 Å². The van der Waals surface area contributed by atoms with Crippen molar-refractivity contribution in [2.75, 3.05) is 32.7 Å². The number of rotatable bonds is 3. The van der Waals surface area contributed by atoms with Crippen LogP contribution >= 0.6 is 0 Å². The molecule has 0 aromatic heterocycles. The van der Waals surface area contributed by atoms with Gasteiger partial charge in [-0.05, 0) is 33.6 Å². The molecule has 0 unspecified atom stereocenters. The molecule has 5 nitrogen and oxygen atoms in total. The molecule has 2 rings (SSSR count). The van der Waals surface area contributed by atoms with Crippen LogP contribution in [0.3, 0.4) is 0 Å². The third-order valence-electron chi connectivity index (χ3n) is 4.53. The topological polar surface area (TPSA) is 53.6 Å². The monoisotopic (exact) mass is 297 g/mol. The van der Waals surface area contributed by atoms with Gasteiger partial charge in [-0.2, -0.15) is 0 Å². The fourth-order valence-corrected chi connectivity index (χ4v) is 3.50. The van der Waals surface area contributed by atoms with E-state index in [4.69, 9.17) is 4.74 Å². The minimum atomic E-state index is -0.432. The number of carbonyl (C=O) groups excluding carboxylic acids is 1. The van der Waals surface area contributed by atoms with Crippen molar-refractivity contribution in [2.45, 2.75) is 64.0 Å². The number of nitrogens with one attached hydrogen (secondary N) is 2. The molecule has 122 valence electrons. The van der Waals surface area contributed by atoms with Crippen LogP contribution < -0.4 is 10.6 Å². The minimum absolute atomic E-state index is 0.136. The smallest absolute Gasteiger partial charge is 0.407 e. The predicted molar refractivity (Wildman–Crippen MR) is 84.5 cm³/mol. The summed E-state index contributed by atoms with van der Waals surface area (Å²) in [5.74, 6) is 0. The van der Waals surface area contributed by atoms with Gasteiger partial charge in [0, 0.05) is 38.3 Å². The summed E-state index contributed by atoms with van der Waals surface area (Å²) in [6, 6.07) is 0. The minimum Gasteiger partial charge on any atom is -0.444 e. The first kappa shape index (κ1) is 16.6. The summed E-state index contributed by atoms with van der Waals surface area (Å²) < 4.78 is 5.38. The fraction of sp³-hybridized carbons (Fsp3) is 0.938. The van der Waals surface area contributed by atoms with Gasteiger partial charge in [0.2, 0.25) is 0 Å². The molecule has 2 N–H and O–H groups in total. The van der Waals surface area contributed by atoms with E-state index in [9.17, 15) is 4.79 Å². The Morgan fingerprint density at radius 3 is 2.38 bits per heavy atom. The predicted octanol–water partition coefficient (Wildman–Crippen LogP) is 2.12. The summed E-state index contributed by atoms with van der Waals surface area (Å²) in [4.78, 5) is 14.5. The van der Waals surface area contributed by atoms with Crippen molar-refractivity contribution in [3.8, 4) is 0 Å². The Balaban J connectivity index is 1.94. The van der Waals surface area contributed by atoms with Gasteiger partial charge >= 0.3 is 6.09 Å². The third kappa shape index (κ3) is 4.85. The highest BCUT2D eigenvalue weighted by atomic mass is 16.6. The highest BCUT2D eigenvalue weighted by Crippen LogP contribution is 2.33. The van der Waals surface area contributed by atoms with Crippen molar-refractivity contribution in [1.82, 2.24) is 15.5 Å². The average molecular weight is 297 g/mol. The van der Waals surface area contributed by atoms with Crippen LogP contribution in [0.5, 0.6) is 0 Å². The molecule has 0 spiro atoms. The molecule has 1 saturated heterocycles. The van der Waals surface area contributed by atoms with Crippen LogP contribution in [-0.2, 0) is 4.74 Å². The number of amides is 1. The van der Waals surface area contributed by atoms with Gasteiger partial charge in [0.05, 0.1) is 0 Å². The number of ether oxygens (including phenoxy) is 1. The average Bonchev–Trinajstić information content (AvgIpc) is 2.45. The van der Waals surface area contributed by atoms with Gasteiger partial charge in [-0.1, -0.05) is 19.3 Å². The van der Waals surface area contributed by atoms with Crippen molar-refractivity contribution in [2.24, 2.45) is 0 Å². The third-order valence-corrected chi connectivity index (χ3v) is 4.53. The van der Waals surface area contributed by atoms with Gasteiger partial charge < -0.3 is 15.4 Å². The van der Waals surface area contributed by atoms with Crippen LogP contribution in [0.25, 0.3) is 0 Å². The Bertz CT molecular complexity index is 340. The lowest BCUT2D eigenvalue weighted by molar-refractivity contribution is 0.0255. The van der Waals surface area contributed by atoms with Gasteiger partial charge in [0.1, 0.15) is 5.60 Å². The van der Waals surface area contributed by atoms with Crippen LogP contribution in [0.15, 0.2) is 0 Å². The number of hydrogen-bond donors (Lipinski definition) is 2. The van der Waals surface area contributed by atoms with E-state index < -0.39 is 5.60 Å². The zero-order chi connectivity index (χ0) is 15.3. The maximum Gasteiger partial charge on any atom is 0.407 e. The van der Waals surface area contributed by atoms with E-state index in [1.54, 1.807) is 0 Å². The van der Waals surface area contributed by atoms with Crippen LogP contribution in [0.4, 0.5) is 4.79 Å². The Hall–Kier alpha value is -0.810. The van der Waals surface area contributed by atoms with Gasteiger partial charge in [-0.3, -0.25) is 4.90 Å². The summed E-state index contributed by atoms with van der Waals surface area (Å²) in [6.07, 6.45) is 5.92. The molecular formula is C16H31N3O2. The second-order valence-electron chi connectivity index (χ2n) is 7.38. The van der Waals surface area contributed by atoms with Crippen LogP contribution in [-0.4, -0.2) is 54.9 Å². The number of alkyl carbamates (subject to hydrolysis) is 1.